The lowest BCUT2D eigenvalue weighted by molar-refractivity contribution is -0.141. The van der Waals surface area contributed by atoms with Crippen LogP contribution in [0.1, 0.15) is 45.7 Å². The largest absolute Gasteiger partial charge is 0.481 e. The second-order valence-electron chi connectivity index (χ2n) is 7.10. The van der Waals surface area contributed by atoms with E-state index in [-0.39, 0.29) is 11.8 Å². The zero-order chi connectivity index (χ0) is 16.7. The number of aromatic nitrogens is 1. The van der Waals surface area contributed by atoms with Crippen LogP contribution in [0.2, 0.25) is 0 Å². The maximum atomic E-state index is 11.7. The fourth-order valence-corrected chi connectivity index (χ4v) is 4.77. The van der Waals surface area contributed by atoms with Gasteiger partial charge in [-0.3, -0.25) is 9.69 Å². The van der Waals surface area contributed by atoms with E-state index in [1.807, 2.05) is 12.3 Å². The molecule has 4 rings (SSSR count). The molecular weight excluding hydrogens is 320 g/mol. The Morgan fingerprint density at radius 2 is 2.21 bits per heavy atom. The first-order chi connectivity index (χ1) is 11.6. The Hall–Kier alpha value is -1.72. The molecule has 2 aliphatic rings. The smallest absolute Gasteiger partial charge is 0.308 e. The number of thiazole rings is 1. The summed E-state index contributed by atoms with van der Waals surface area (Å²) in [5, 5.41) is 10.9. The fraction of sp³-hybridized carbons (Fsp3) is 0.474. The average molecular weight is 342 g/mol. The molecule has 0 bridgehead atoms. The second kappa shape index (κ2) is 6.30. The van der Waals surface area contributed by atoms with Gasteiger partial charge in [0, 0.05) is 42.5 Å². The van der Waals surface area contributed by atoms with Crippen LogP contribution in [0.5, 0.6) is 0 Å². The molecule has 1 aromatic carbocycles. The monoisotopic (exact) mass is 342 g/mol. The van der Waals surface area contributed by atoms with E-state index in [9.17, 15) is 9.90 Å². The van der Waals surface area contributed by atoms with Crippen molar-refractivity contribution in [2.45, 2.75) is 38.1 Å². The van der Waals surface area contributed by atoms with Crippen LogP contribution in [0.4, 0.5) is 0 Å². The minimum Gasteiger partial charge on any atom is -0.481 e. The Labute approximate surface area is 146 Å². The molecular formula is C19H22N2O2S. The van der Waals surface area contributed by atoms with Gasteiger partial charge in [0.1, 0.15) is 0 Å². The highest BCUT2D eigenvalue weighted by molar-refractivity contribution is 7.11. The van der Waals surface area contributed by atoms with Gasteiger partial charge in [0.25, 0.3) is 0 Å². The molecule has 126 valence electrons. The number of carboxylic acid groups (broad SMARTS) is 1. The summed E-state index contributed by atoms with van der Waals surface area (Å²) in [6, 6.07) is 8.27. The van der Waals surface area contributed by atoms with E-state index in [1.54, 1.807) is 11.3 Å². The SMILES string of the molecule is Cc1cccc([C@@H]2CN(Cc3cnc(C4CC4)s3)C[C@H]2C(=O)O)c1. The molecule has 4 nitrogen and oxygen atoms in total. The molecule has 1 aliphatic carbocycles. The molecule has 0 radical (unpaired) electrons. The van der Waals surface area contributed by atoms with Crippen LogP contribution in [-0.2, 0) is 11.3 Å². The summed E-state index contributed by atoms with van der Waals surface area (Å²) in [5.74, 6) is -0.262. The van der Waals surface area contributed by atoms with Crippen LogP contribution in [-0.4, -0.2) is 34.0 Å². The van der Waals surface area contributed by atoms with Gasteiger partial charge in [0.15, 0.2) is 0 Å². The van der Waals surface area contributed by atoms with Crippen molar-refractivity contribution in [1.29, 1.82) is 0 Å². The van der Waals surface area contributed by atoms with Gasteiger partial charge in [-0.1, -0.05) is 29.8 Å². The minimum atomic E-state index is -0.688. The highest BCUT2D eigenvalue weighted by atomic mass is 32.1. The fourth-order valence-electron chi connectivity index (χ4n) is 3.64. The van der Waals surface area contributed by atoms with Crippen molar-refractivity contribution in [2.24, 2.45) is 5.92 Å². The van der Waals surface area contributed by atoms with Crippen molar-refractivity contribution < 1.29 is 9.90 Å². The lowest BCUT2D eigenvalue weighted by Gasteiger charge is -2.16. The Morgan fingerprint density at radius 3 is 2.92 bits per heavy atom. The van der Waals surface area contributed by atoms with Crippen LogP contribution in [0.15, 0.2) is 30.5 Å². The Morgan fingerprint density at radius 1 is 1.38 bits per heavy atom. The van der Waals surface area contributed by atoms with Gasteiger partial charge >= 0.3 is 5.97 Å². The van der Waals surface area contributed by atoms with Crippen LogP contribution in [0, 0.1) is 12.8 Å². The molecule has 1 aliphatic heterocycles. The quantitative estimate of drug-likeness (QED) is 0.901. The Kier molecular flexibility index (Phi) is 4.14. The van der Waals surface area contributed by atoms with Crippen molar-refractivity contribution in [2.75, 3.05) is 13.1 Å². The standard InChI is InChI=1S/C19H22N2O2S/c1-12-3-2-4-14(7-12)16-10-21(11-17(16)19(22)23)9-15-8-20-18(24-15)13-5-6-13/h2-4,7-8,13,16-17H,5-6,9-11H2,1H3,(H,22,23)/t16-,17+/m0/s1. The first-order valence-electron chi connectivity index (χ1n) is 8.56. The molecule has 2 atom stereocenters. The zero-order valence-corrected chi connectivity index (χ0v) is 14.6. The Bertz CT molecular complexity index is 753. The van der Waals surface area contributed by atoms with Crippen molar-refractivity contribution in [3.63, 3.8) is 0 Å². The molecule has 5 heteroatoms. The lowest BCUT2D eigenvalue weighted by atomic mass is 9.88. The number of aliphatic carboxylic acids is 1. The third-order valence-electron chi connectivity index (χ3n) is 5.06. The molecule has 24 heavy (non-hydrogen) atoms. The predicted molar refractivity (Wildman–Crippen MR) is 94.4 cm³/mol. The van der Waals surface area contributed by atoms with Gasteiger partial charge in [-0.2, -0.15) is 0 Å². The zero-order valence-electron chi connectivity index (χ0n) is 13.8. The summed E-state index contributed by atoms with van der Waals surface area (Å²) in [7, 11) is 0. The molecule has 0 spiro atoms. The highest BCUT2D eigenvalue weighted by Crippen LogP contribution is 2.42. The van der Waals surface area contributed by atoms with Gasteiger partial charge in [-0.05, 0) is 25.3 Å². The maximum absolute atomic E-state index is 11.7. The van der Waals surface area contributed by atoms with Gasteiger partial charge in [0.05, 0.1) is 10.9 Å². The molecule has 2 fully saturated rings. The number of hydrogen-bond donors (Lipinski definition) is 1. The number of carbonyl (C=O) groups is 1. The lowest BCUT2D eigenvalue weighted by Crippen LogP contribution is -2.23. The molecule has 1 saturated carbocycles. The summed E-state index contributed by atoms with van der Waals surface area (Å²) >= 11 is 1.80. The number of aryl methyl sites for hydroxylation is 1. The van der Waals surface area contributed by atoms with E-state index in [2.05, 4.69) is 35.0 Å². The van der Waals surface area contributed by atoms with Crippen molar-refractivity contribution in [3.05, 3.63) is 51.5 Å². The first kappa shape index (κ1) is 15.8. The van der Waals surface area contributed by atoms with Gasteiger partial charge < -0.3 is 5.11 Å². The summed E-state index contributed by atoms with van der Waals surface area (Å²) in [5.41, 5.74) is 2.33. The number of likely N-dealkylation sites (tertiary alicyclic amines) is 1. The van der Waals surface area contributed by atoms with Crippen LogP contribution < -0.4 is 0 Å². The van der Waals surface area contributed by atoms with E-state index in [0.717, 1.165) is 18.7 Å². The molecule has 2 aromatic rings. The maximum Gasteiger partial charge on any atom is 0.308 e. The van der Waals surface area contributed by atoms with Crippen molar-refractivity contribution in [3.8, 4) is 0 Å². The second-order valence-corrected chi connectivity index (χ2v) is 8.25. The third kappa shape index (κ3) is 3.23. The predicted octanol–water partition coefficient (Wildman–Crippen LogP) is 3.63. The van der Waals surface area contributed by atoms with Gasteiger partial charge in [0.2, 0.25) is 0 Å². The van der Waals surface area contributed by atoms with E-state index in [1.165, 1.54) is 28.3 Å². The summed E-state index contributed by atoms with van der Waals surface area (Å²) in [4.78, 5) is 19.8. The number of nitrogens with zero attached hydrogens (tertiary/aromatic N) is 2. The first-order valence-corrected chi connectivity index (χ1v) is 9.38. The van der Waals surface area contributed by atoms with Crippen LogP contribution in [0.3, 0.4) is 0 Å². The van der Waals surface area contributed by atoms with Crippen LogP contribution in [0.25, 0.3) is 0 Å². The normalized spacial score (nSPS) is 24.4. The van der Waals surface area contributed by atoms with E-state index < -0.39 is 5.97 Å². The molecule has 0 unspecified atom stereocenters. The molecule has 0 amide bonds. The highest BCUT2D eigenvalue weighted by Gasteiger charge is 2.38. The summed E-state index contributed by atoms with van der Waals surface area (Å²) < 4.78 is 0. The molecule has 1 saturated heterocycles. The minimum absolute atomic E-state index is 0.0678. The van der Waals surface area contributed by atoms with Crippen LogP contribution >= 0.6 is 11.3 Å². The van der Waals surface area contributed by atoms with Gasteiger partial charge in [-0.25, -0.2) is 4.98 Å². The number of rotatable bonds is 5. The Balaban J connectivity index is 1.50. The third-order valence-corrected chi connectivity index (χ3v) is 6.21. The number of carboxylic acids is 1. The molecule has 1 aromatic heterocycles. The molecule has 2 heterocycles. The number of benzene rings is 1. The topological polar surface area (TPSA) is 53.4 Å². The van der Waals surface area contributed by atoms with E-state index in [4.69, 9.17) is 0 Å². The van der Waals surface area contributed by atoms with Crippen molar-refractivity contribution >= 4 is 17.3 Å². The van der Waals surface area contributed by atoms with Crippen molar-refractivity contribution in [1.82, 2.24) is 9.88 Å². The average Bonchev–Trinajstić information content (AvgIpc) is 3.15. The van der Waals surface area contributed by atoms with E-state index in [0.29, 0.717) is 12.5 Å². The number of hydrogen-bond acceptors (Lipinski definition) is 4. The molecule has 1 N–H and O–H groups in total. The summed E-state index contributed by atoms with van der Waals surface area (Å²) in [6.07, 6.45) is 4.52. The summed E-state index contributed by atoms with van der Waals surface area (Å²) in [6.45, 7) is 4.29. The van der Waals surface area contributed by atoms with E-state index >= 15 is 0 Å². The van der Waals surface area contributed by atoms with Gasteiger partial charge in [-0.15, -0.1) is 11.3 Å².